The Hall–Kier alpha value is -3.06. The molecular formula is C31H37FN3O3+. The number of halogens is 1. The Labute approximate surface area is 223 Å². The molecule has 6 rings (SSSR count). The van der Waals surface area contributed by atoms with E-state index in [2.05, 4.69) is 31.3 Å². The summed E-state index contributed by atoms with van der Waals surface area (Å²) in [5, 5.41) is 3.16. The lowest BCUT2D eigenvalue weighted by Gasteiger charge is -2.40. The predicted octanol–water partition coefficient (Wildman–Crippen LogP) is 4.25. The first kappa shape index (κ1) is 25.2. The van der Waals surface area contributed by atoms with E-state index in [-0.39, 0.29) is 48.7 Å². The highest BCUT2D eigenvalue weighted by molar-refractivity contribution is 5.90. The van der Waals surface area contributed by atoms with E-state index >= 15 is 0 Å². The van der Waals surface area contributed by atoms with E-state index in [1.165, 1.54) is 10.5 Å². The molecule has 0 bridgehead atoms. The second-order valence-corrected chi connectivity index (χ2v) is 12.1. The summed E-state index contributed by atoms with van der Waals surface area (Å²) in [6.45, 7) is 5.90. The van der Waals surface area contributed by atoms with Crippen molar-refractivity contribution >= 4 is 17.7 Å². The maximum absolute atomic E-state index is 14.7. The Morgan fingerprint density at radius 2 is 1.53 bits per heavy atom. The minimum Gasteiger partial charge on any atom is -0.343 e. The number of carbonyl (C=O) groups is 3. The van der Waals surface area contributed by atoms with Crippen LogP contribution < -0.4 is 5.32 Å². The number of rotatable bonds is 6. The van der Waals surface area contributed by atoms with Crippen LogP contribution in [0, 0.1) is 5.92 Å². The standard InChI is InChI=1S/C31H36FN3O3/c1-18(2)20-9-11-22(12-10-20)29(21-7-5-4-6-8-21)33-30(37)26-15-24(32)17-34(26)31(38)23-13-25-16-28-27(14-23)35(25,28)19(3)36/h4-12,18,23-29H,13-17H2,1-3H3/p+1/t23?,24-,25?,26+,27?,28-,29+,35?/m1/s1. The molecule has 0 aromatic heterocycles. The van der Waals surface area contributed by atoms with Crippen molar-refractivity contribution in [2.24, 2.45) is 5.92 Å². The SMILES string of the molecule is CC(=O)[N+]12C3CC(C(=O)N4C[C@H](F)C[C@H]4C(=O)N[C@@H](c4ccccc4)c4ccc(C(C)C)cc4)CC1[C@H]2C3. The van der Waals surface area contributed by atoms with Crippen LogP contribution in [0.15, 0.2) is 54.6 Å². The third-order valence-corrected chi connectivity index (χ3v) is 9.74. The number of likely N-dealkylation sites (tertiary alicyclic amines) is 1. The van der Waals surface area contributed by atoms with E-state index < -0.39 is 18.3 Å². The Kier molecular flexibility index (Phi) is 6.17. The Morgan fingerprint density at radius 3 is 2.16 bits per heavy atom. The lowest BCUT2D eigenvalue weighted by atomic mass is 9.88. The monoisotopic (exact) mass is 518 g/mol. The van der Waals surface area contributed by atoms with Crippen molar-refractivity contribution in [3.8, 4) is 0 Å². The van der Waals surface area contributed by atoms with Crippen molar-refractivity contribution in [2.75, 3.05) is 6.54 Å². The molecule has 0 saturated carbocycles. The molecule has 3 amide bonds. The Bertz CT molecular complexity index is 1240. The molecule has 7 heteroatoms. The molecule has 1 N–H and O–H groups in total. The molecule has 2 aromatic rings. The van der Waals surface area contributed by atoms with Crippen LogP contribution in [0.1, 0.15) is 75.1 Å². The fourth-order valence-electron chi connectivity index (χ4n) is 7.76. The van der Waals surface area contributed by atoms with Gasteiger partial charge in [0.1, 0.15) is 18.3 Å². The highest BCUT2D eigenvalue weighted by Gasteiger charge is 2.83. The molecule has 38 heavy (non-hydrogen) atoms. The van der Waals surface area contributed by atoms with Crippen LogP contribution in [0.25, 0.3) is 0 Å². The lowest BCUT2D eigenvalue weighted by molar-refractivity contribution is -0.819. The topological polar surface area (TPSA) is 66.5 Å². The maximum atomic E-state index is 14.7. The van der Waals surface area contributed by atoms with Crippen molar-refractivity contribution in [1.29, 1.82) is 0 Å². The molecule has 0 aliphatic carbocycles. The van der Waals surface area contributed by atoms with Crippen LogP contribution in [0.5, 0.6) is 0 Å². The fourth-order valence-corrected chi connectivity index (χ4v) is 7.76. The first-order chi connectivity index (χ1) is 18.2. The average molecular weight is 519 g/mol. The van der Waals surface area contributed by atoms with Gasteiger partial charge in [0.05, 0.1) is 25.9 Å². The number of carbonyl (C=O) groups excluding carboxylic acids is 3. The fraction of sp³-hybridized carbons (Fsp3) is 0.516. The molecule has 4 fully saturated rings. The van der Waals surface area contributed by atoms with Crippen LogP contribution in [0.4, 0.5) is 4.39 Å². The van der Waals surface area contributed by atoms with Gasteiger partial charge in [-0.3, -0.25) is 9.59 Å². The van der Waals surface area contributed by atoms with Gasteiger partial charge in [-0.25, -0.2) is 13.7 Å². The number of benzene rings is 2. The highest BCUT2D eigenvalue weighted by Crippen LogP contribution is 2.63. The molecule has 4 aliphatic rings. The van der Waals surface area contributed by atoms with Crippen LogP contribution in [-0.4, -0.2) is 64.0 Å². The van der Waals surface area contributed by atoms with E-state index in [1.54, 1.807) is 6.92 Å². The van der Waals surface area contributed by atoms with Gasteiger partial charge in [0.25, 0.3) is 0 Å². The van der Waals surface area contributed by atoms with Gasteiger partial charge < -0.3 is 10.2 Å². The van der Waals surface area contributed by atoms with E-state index in [0.29, 0.717) is 29.3 Å². The first-order valence-electron chi connectivity index (χ1n) is 14.0. The number of quaternary nitrogens is 1. The van der Waals surface area contributed by atoms with E-state index in [0.717, 1.165) is 17.5 Å². The summed E-state index contributed by atoms with van der Waals surface area (Å²) in [4.78, 5) is 41.1. The maximum Gasteiger partial charge on any atom is 0.311 e. The largest absolute Gasteiger partial charge is 0.343 e. The van der Waals surface area contributed by atoms with Crippen LogP contribution in [0.2, 0.25) is 0 Å². The minimum atomic E-state index is -1.22. The molecule has 0 radical (unpaired) electrons. The van der Waals surface area contributed by atoms with Gasteiger partial charge in [0, 0.05) is 25.2 Å². The van der Waals surface area contributed by atoms with Gasteiger partial charge in [-0.15, -0.1) is 0 Å². The summed E-state index contributed by atoms with van der Waals surface area (Å²) in [5.41, 5.74) is 3.10. The zero-order chi connectivity index (χ0) is 26.8. The Morgan fingerprint density at radius 1 is 0.895 bits per heavy atom. The highest BCUT2D eigenvalue weighted by atomic mass is 19.1. The molecule has 0 spiro atoms. The molecule has 8 atom stereocenters. The zero-order valence-electron chi connectivity index (χ0n) is 22.3. The predicted molar refractivity (Wildman–Crippen MR) is 142 cm³/mol. The number of hydrogen-bond acceptors (Lipinski definition) is 3. The van der Waals surface area contributed by atoms with Gasteiger partial charge in [-0.1, -0.05) is 68.4 Å². The third-order valence-electron chi connectivity index (χ3n) is 9.74. The minimum absolute atomic E-state index is 0.0149. The smallest absolute Gasteiger partial charge is 0.311 e. The molecule has 4 saturated heterocycles. The second-order valence-electron chi connectivity index (χ2n) is 12.1. The summed E-state index contributed by atoms with van der Waals surface area (Å²) in [7, 11) is 0. The summed E-state index contributed by atoms with van der Waals surface area (Å²) in [6.07, 6.45) is 1.11. The van der Waals surface area contributed by atoms with E-state index in [9.17, 15) is 18.8 Å². The normalized spacial score (nSPS) is 33.8. The van der Waals surface area contributed by atoms with Gasteiger partial charge in [-0.05, 0) is 22.6 Å². The number of piperidine rings is 1. The van der Waals surface area contributed by atoms with Crippen molar-refractivity contribution in [3.05, 3.63) is 71.3 Å². The van der Waals surface area contributed by atoms with Gasteiger partial charge in [-0.2, -0.15) is 0 Å². The molecule has 4 heterocycles. The number of hydrogen-bond donors (Lipinski definition) is 1. The number of amides is 3. The number of nitrogens with zero attached hydrogens (tertiary/aromatic N) is 2. The molecule has 4 aliphatic heterocycles. The second kappa shape index (κ2) is 9.30. The summed E-state index contributed by atoms with van der Waals surface area (Å²) in [5.74, 6) is -0.0773. The molecule has 4 unspecified atom stereocenters. The number of alkyl halides is 1. The third kappa shape index (κ3) is 3.89. The molecule has 6 nitrogen and oxygen atoms in total. The van der Waals surface area contributed by atoms with Gasteiger partial charge in [0.15, 0.2) is 12.1 Å². The van der Waals surface area contributed by atoms with Gasteiger partial charge in [0.2, 0.25) is 11.8 Å². The van der Waals surface area contributed by atoms with E-state index in [1.807, 2.05) is 42.5 Å². The van der Waals surface area contributed by atoms with Crippen molar-refractivity contribution in [3.63, 3.8) is 0 Å². The summed E-state index contributed by atoms with van der Waals surface area (Å²) >= 11 is 0. The summed E-state index contributed by atoms with van der Waals surface area (Å²) in [6, 6.07) is 17.6. The van der Waals surface area contributed by atoms with Gasteiger partial charge >= 0.3 is 5.91 Å². The van der Waals surface area contributed by atoms with Crippen molar-refractivity contribution in [2.45, 2.75) is 88.8 Å². The Balaban J connectivity index is 1.20. The van der Waals surface area contributed by atoms with Crippen LogP contribution in [0.3, 0.4) is 0 Å². The first-order valence-corrected chi connectivity index (χ1v) is 14.0. The molecule has 200 valence electrons. The van der Waals surface area contributed by atoms with E-state index in [4.69, 9.17) is 0 Å². The summed E-state index contributed by atoms with van der Waals surface area (Å²) < 4.78 is 15.3. The van der Waals surface area contributed by atoms with Crippen molar-refractivity contribution in [1.82, 2.24) is 10.2 Å². The lowest BCUT2D eigenvalue weighted by Crippen LogP contribution is -2.57. The number of nitrogens with one attached hydrogen (secondary N) is 1. The molecule has 2 aromatic carbocycles. The average Bonchev–Trinajstić information content (AvgIpc) is 3.35. The van der Waals surface area contributed by atoms with Crippen LogP contribution >= 0.6 is 0 Å². The van der Waals surface area contributed by atoms with Crippen LogP contribution in [-0.2, 0) is 14.4 Å². The molecular weight excluding hydrogens is 481 g/mol. The number of fused-ring (bicyclic) bond motifs is 1. The van der Waals surface area contributed by atoms with Crippen molar-refractivity contribution < 1.29 is 23.3 Å². The zero-order valence-corrected chi connectivity index (χ0v) is 22.3. The quantitative estimate of drug-likeness (QED) is 0.459.